The summed E-state index contributed by atoms with van der Waals surface area (Å²) in [6, 6.07) is 4.89. The molecule has 4 amide bonds. The molecule has 2 heterocycles. The molecule has 144 valence electrons. The number of urea groups is 1. The second-order valence-corrected chi connectivity index (χ2v) is 7.18. The molecular formula is C18H22N4O5. The van der Waals surface area contributed by atoms with Gasteiger partial charge in [0.2, 0.25) is 5.91 Å². The first-order chi connectivity index (χ1) is 12.7. The Balaban J connectivity index is 1.77. The van der Waals surface area contributed by atoms with E-state index < -0.39 is 22.4 Å². The van der Waals surface area contributed by atoms with Crippen molar-refractivity contribution in [1.82, 2.24) is 15.1 Å². The summed E-state index contributed by atoms with van der Waals surface area (Å²) < 4.78 is 0. The second-order valence-electron chi connectivity index (χ2n) is 7.18. The zero-order valence-electron chi connectivity index (χ0n) is 15.3. The summed E-state index contributed by atoms with van der Waals surface area (Å²) in [5.41, 5.74) is -1.04. The third-order valence-electron chi connectivity index (χ3n) is 5.35. The first-order valence-electron chi connectivity index (χ1n) is 8.92. The summed E-state index contributed by atoms with van der Waals surface area (Å²) in [4.78, 5) is 50.8. The van der Waals surface area contributed by atoms with Gasteiger partial charge in [0.05, 0.1) is 4.92 Å². The maximum Gasteiger partial charge on any atom is 0.325 e. The zero-order valence-corrected chi connectivity index (χ0v) is 15.3. The number of nitrogens with one attached hydrogen (secondary N) is 1. The fourth-order valence-corrected chi connectivity index (χ4v) is 3.65. The number of likely N-dealkylation sites (tertiary alicyclic amines) is 1. The van der Waals surface area contributed by atoms with Gasteiger partial charge in [0, 0.05) is 24.7 Å². The number of rotatable bonds is 4. The van der Waals surface area contributed by atoms with Crippen LogP contribution in [-0.4, -0.2) is 51.7 Å². The predicted octanol–water partition coefficient (Wildman–Crippen LogP) is 1.76. The van der Waals surface area contributed by atoms with Crippen molar-refractivity contribution in [3.63, 3.8) is 0 Å². The van der Waals surface area contributed by atoms with Gasteiger partial charge in [0.25, 0.3) is 11.6 Å². The predicted molar refractivity (Wildman–Crippen MR) is 95.7 cm³/mol. The zero-order chi connectivity index (χ0) is 19.8. The fraction of sp³-hybridized carbons (Fsp3) is 0.500. The largest absolute Gasteiger partial charge is 0.338 e. The molecule has 0 aromatic heterocycles. The van der Waals surface area contributed by atoms with Crippen molar-refractivity contribution in [3.8, 4) is 0 Å². The van der Waals surface area contributed by atoms with Crippen molar-refractivity contribution in [2.24, 2.45) is 0 Å². The second kappa shape index (κ2) is 6.98. The van der Waals surface area contributed by atoms with Crippen LogP contribution in [0.1, 0.15) is 38.7 Å². The van der Waals surface area contributed by atoms with Crippen LogP contribution in [0, 0.1) is 10.1 Å². The van der Waals surface area contributed by atoms with E-state index in [4.69, 9.17) is 0 Å². The maximum absolute atomic E-state index is 12.9. The van der Waals surface area contributed by atoms with Gasteiger partial charge in [-0.25, -0.2) is 4.79 Å². The highest BCUT2D eigenvalue weighted by Crippen LogP contribution is 2.30. The Morgan fingerprint density at radius 2 is 1.96 bits per heavy atom. The van der Waals surface area contributed by atoms with Crippen LogP contribution < -0.4 is 5.32 Å². The number of nitrogens with zero attached hydrogens (tertiary/aromatic N) is 3. The van der Waals surface area contributed by atoms with Crippen molar-refractivity contribution in [3.05, 3.63) is 39.9 Å². The van der Waals surface area contributed by atoms with Crippen LogP contribution in [-0.2, 0) is 15.1 Å². The van der Waals surface area contributed by atoms with Gasteiger partial charge in [0.1, 0.15) is 12.1 Å². The van der Waals surface area contributed by atoms with Crippen molar-refractivity contribution in [2.75, 3.05) is 13.1 Å². The summed E-state index contributed by atoms with van der Waals surface area (Å²) >= 11 is 0. The highest BCUT2D eigenvalue weighted by Gasteiger charge is 2.50. The molecular weight excluding hydrogens is 352 g/mol. The average molecular weight is 374 g/mol. The van der Waals surface area contributed by atoms with E-state index in [0.29, 0.717) is 12.1 Å². The number of benzene rings is 1. The first kappa shape index (κ1) is 18.8. The summed E-state index contributed by atoms with van der Waals surface area (Å²) in [5.74, 6) is -0.794. The van der Waals surface area contributed by atoms with Gasteiger partial charge in [-0.05, 0) is 50.8 Å². The number of hydrogen-bond acceptors (Lipinski definition) is 5. The van der Waals surface area contributed by atoms with Crippen LogP contribution in [0.3, 0.4) is 0 Å². The summed E-state index contributed by atoms with van der Waals surface area (Å²) in [6.07, 6.45) is 2.88. The SMILES string of the molecule is C[C@H]1CCCCN1C(=O)CN1C(=O)N[C@](C)(c2ccc([N+](=O)[O-])cc2)C1=O. The maximum atomic E-state index is 12.9. The molecule has 2 aliphatic rings. The molecule has 2 aliphatic heterocycles. The molecule has 27 heavy (non-hydrogen) atoms. The number of piperidine rings is 1. The highest BCUT2D eigenvalue weighted by atomic mass is 16.6. The lowest BCUT2D eigenvalue weighted by Crippen LogP contribution is -2.48. The normalized spacial score (nSPS) is 25.5. The summed E-state index contributed by atoms with van der Waals surface area (Å²) in [5, 5.41) is 13.4. The molecule has 0 unspecified atom stereocenters. The summed E-state index contributed by atoms with van der Waals surface area (Å²) in [7, 11) is 0. The molecule has 0 bridgehead atoms. The Hall–Kier alpha value is -2.97. The van der Waals surface area contributed by atoms with Crippen LogP contribution in [0.4, 0.5) is 10.5 Å². The lowest BCUT2D eigenvalue weighted by atomic mass is 9.92. The number of amides is 4. The minimum atomic E-state index is -1.36. The minimum Gasteiger partial charge on any atom is -0.338 e. The lowest BCUT2D eigenvalue weighted by molar-refractivity contribution is -0.384. The Bertz CT molecular complexity index is 793. The van der Waals surface area contributed by atoms with E-state index >= 15 is 0 Å². The van der Waals surface area contributed by atoms with Crippen LogP contribution in [0.5, 0.6) is 0 Å². The van der Waals surface area contributed by atoms with E-state index in [1.165, 1.54) is 31.2 Å². The molecule has 1 aromatic carbocycles. The van der Waals surface area contributed by atoms with Gasteiger partial charge < -0.3 is 10.2 Å². The molecule has 2 atom stereocenters. The third-order valence-corrected chi connectivity index (χ3v) is 5.35. The van der Waals surface area contributed by atoms with E-state index in [9.17, 15) is 24.5 Å². The van der Waals surface area contributed by atoms with E-state index in [2.05, 4.69) is 5.32 Å². The van der Waals surface area contributed by atoms with Gasteiger partial charge in [-0.3, -0.25) is 24.6 Å². The van der Waals surface area contributed by atoms with Gasteiger partial charge in [-0.1, -0.05) is 0 Å². The van der Waals surface area contributed by atoms with Crippen molar-refractivity contribution in [2.45, 2.75) is 44.7 Å². The molecule has 3 rings (SSSR count). The average Bonchev–Trinajstić information content (AvgIpc) is 2.86. The molecule has 9 heteroatoms. The molecule has 0 aliphatic carbocycles. The van der Waals surface area contributed by atoms with Gasteiger partial charge in [-0.15, -0.1) is 0 Å². The van der Waals surface area contributed by atoms with Crippen molar-refractivity contribution in [1.29, 1.82) is 0 Å². The van der Waals surface area contributed by atoms with E-state index in [1.54, 1.807) is 4.90 Å². The number of nitro groups is 1. The molecule has 2 fully saturated rings. The van der Waals surface area contributed by atoms with E-state index in [1.807, 2.05) is 6.92 Å². The number of carbonyl (C=O) groups excluding carboxylic acids is 3. The van der Waals surface area contributed by atoms with Crippen LogP contribution >= 0.6 is 0 Å². The number of hydrogen-bond donors (Lipinski definition) is 1. The Morgan fingerprint density at radius 1 is 1.30 bits per heavy atom. The Morgan fingerprint density at radius 3 is 2.56 bits per heavy atom. The molecule has 2 saturated heterocycles. The third kappa shape index (κ3) is 3.36. The number of carbonyl (C=O) groups is 3. The molecule has 1 aromatic rings. The van der Waals surface area contributed by atoms with Crippen molar-refractivity contribution < 1.29 is 19.3 Å². The molecule has 0 saturated carbocycles. The molecule has 0 spiro atoms. The van der Waals surface area contributed by atoms with Gasteiger partial charge in [-0.2, -0.15) is 0 Å². The highest BCUT2D eigenvalue weighted by molar-refractivity contribution is 6.09. The van der Waals surface area contributed by atoms with E-state index in [-0.39, 0.29) is 24.2 Å². The monoisotopic (exact) mass is 374 g/mol. The van der Waals surface area contributed by atoms with Crippen LogP contribution in [0.15, 0.2) is 24.3 Å². The number of nitro benzene ring substituents is 1. The molecule has 0 radical (unpaired) electrons. The van der Waals surface area contributed by atoms with Crippen molar-refractivity contribution >= 4 is 23.5 Å². The number of imide groups is 1. The first-order valence-corrected chi connectivity index (χ1v) is 8.92. The number of non-ortho nitro benzene ring substituents is 1. The van der Waals surface area contributed by atoms with Crippen LogP contribution in [0.25, 0.3) is 0 Å². The minimum absolute atomic E-state index is 0.0908. The van der Waals surface area contributed by atoms with Gasteiger partial charge in [0.15, 0.2) is 0 Å². The molecule has 1 N–H and O–H groups in total. The lowest BCUT2D eigenvalue weighted by Gasteiger charge is -2.34. The quantitative estimate of drug-likeness (QED) is 0.490. The standard InChI is InChI=1S/C18H22N4O5/c1-12-5-3-4-10-20(12)15(23)11-21-16(24)18(2,19-17(21)25)13-6-8-14(9-7-13)22(26)27/h6-9,12H,3-5,10-11H2,1-2H3,(H,19,25)/t12-,18+/m0/s1. The van der Waals surface area contributed by atoms with Gasteiger partial charge >= 0.3 is 6.03 Å². The Kier molecular flexibility index (Phi) is 4.86. The van der Waals surface area contributed by atoms with Crippen LogP contribution in [0.2, 0.25) is 0 Å². The molecule has 9 nitrogen and oxygen atoms in total. The summed E-state index contributed by atoms with van der Waals surface area (Å²) in [6.45, 7) is 3.81. The van der Waals surface area contributed by atoms with E-state index in [0.717, 1.165) is 24.2 Å². The Labute approximate surface area is 156 Å². The fourth-order valence-electron chi connectivity index (χ4n) is 3.65. The smallest absolute Gasteiger partial charge is 0.325 e. The topological polar surface area (TPSA) is 113 Å².